The zero-order valence-electron chi connectivity index (χ0n) is 22.8. The van der Waals surface area contributed by atoms with Gasteiger partial charge in [-0.25, -0.2) is 8.42 Å². The zero-order chi connectivity index (χ0) is 27.9. The molecule has 0 fully saturated rings. The Kier molecular flexibility index (Phi) is 9.69. The molecule has 7 nitrogen and oxygen atoms in total. The molecule has 0 aliphatic carbocycles. The van der Waals surface area contributed by atoms with E-state index >= 15 is 0 Å². The molecule has 8 heteroatoms. The number of nitrogens with zero attached hydrogens (tertiary/aromatic N) is 2. The standard InChI is InChI=1S/C30H37N3O4S/c1-6-31-30(35)28(19-25-13-8-7-9-14-25)32(20-26-15-11-10-12-23(26)3)29(34)21-33(38(5,36)37)27-17-16-22(2)24(4)18-27/h7-18,28H,6,19-21H2,1-5H3,(H,31,35). The molecule has 0 saturated heterocycles. The Hall–Kier alpha value is -3.65. The molecule has 38 heavy (non-hydrogen) atoms. The molecule has 0 radical (unpaired) electrons. The van der Waals surface area contributed by atoms with Crippen LogP contribution in [0.4, 0.5) is 5.69 Å². The van der Waals surface area contributed by atoms with E-state index in [9.17, 15) is 18.0 Å². The number of aryl methyl sites for hydroxylation is 3. The minimum absolute atomic E-state index is 0.171. The molecule has 0 bridgehead atoms. The minimum atomic E-state index is -3.79. The van der Waals surface area contributed by atoms with E-state index in [1.54, 1.807) is 12.1 Å². The van der Waals surface area contributed by atoms with E-state index in [0.29, 0.717) is 18.7 Å². The number of nitrogens with one attached hydrogen (secondary N) is 1. The highest BCUT2D eigenvalue weighted by molar-refractivity contribution is 7.92. The van der Waals surface area contributed by atoms with Crippen molar-refractivity contribution in [2.75, 3.05) is 23.7 Å². The fourth-order valence-electron chi connectivity index (χ4n) is 4.31. The first kappa shape index (κ1) is 28.9. The Bertz CT molecular complexity index is 1370. The fourth-order valence-corrected chi connectivity index (χ4v) is 5.15. The Labute approximate surface area is 226 Å². The molecule has 3 aromatic rings. The van der Waals surface area contributed by atoms with Crippen molar-refractivity contribution in [2.45, 2.75) is 46.7 Å². The smallest absolute Gasteiger partial charge is 0.244 e. The van der Waals surface area contributed by atoms with Gasteiger partial charge in [0.25, 0.3) is 0 Å². The average molecular weight is 536 g/mol. The molecule has 0 aliphatic rings. The van der Waals surface area contributed by atoms with Gasteiger partial charge in [0, 0.05) is 19.5 Å². The van der Waals surface area contributed by atoms with E-state index in [0.717, 1.165) is 38.4 Å². The molecule has 1 atom stereocenters. The van der Waals surface area contributed by atoms with Crippen LogP contribution in [0.3, 0.4) is 0 Å². The van der Waals surface area contributed by atoms with Gasteiger partial charge in [-0.1, -0.05) is 60.7 Å². The Morgan fingerprint density at radius 3 is 2.13 bits per heavy atom. The lowest BCUT2D eigenvalue weighted by Gasteiger charge is -2.34. The third kappa shape index (κ3) is 7.44. The predicted octanol–water partition coefficient (Wildman–Crippen LogP) is 4.15. The number of anilines is 1. The summed E-state index contributed by atoms with van der Waals surface area (Å²) in [5, 5.41) is 2.87. The van der Waals surface area contributed by atoms with Gasteiger partial charge in [-0.05, 0) is 67.6 Å². The van der Waals surface area contributed by atoms with Crippen molar-refractivity contribution >= 4 is 27.5 Å². The lowest BCUT2D eigenvalue weighted by Crippen LogP contribution is -2.53. The molecule has 3 rings (SSSR count). The van der Waals surface area contributed by atoms with Crippen LogP contribution in [-0.2, 0) is 32.6 Å². The van der Waals surface area contributed by atoms with Crippen molar-refractivity contribution in [1.29, 1.82) is 0 Å². The number of rotatable bonds is 11. The Morgan fingerprint density at radius 2 is 1.53 bits per heavy atom. The minimum Gasteiger partial charge on any atom is -0.355 e. The second-order valence-corrected chi connectivity index (χ2v) is 11.5. The van der Waals surface area contributed by atoms with Gasteiger partial charge >= 0.3 is 0 Å². The van der Waals surface area contributed by atoms with Crippen LogP contribution in [-0.4, -0.2) is 50.5 Å². The highest BCUT2D eigenvalue weighted by Crippen LogP contribution is 2.23. The summed E-state index contributed by atoms with van der Waals surface area (Å²) in [7, 11) is -3.79. The van der Waals surface area contributed by atoms with E-state index in [1.807, 2.05) is 88.4 Å². The molecule has 202 valence electrons. The predicted molar refractivity (Wildman–Crippen MR) is 152 cm³/mol. The number of carbonyl (C=O) groups is 2. The van der Waals surface area contributed by atoms with Crippen molar-refractivity contribution in [2.24, 2.45) is 0 Å². The molecule has 2 amide bonds. The monoisotopic (exact) mass is 535 g/mol. The first-order chi connectivity index (χ1) is 18.0. The second kappa shape index (κ2) is 12.7. The molecular weight excluding hydrogens is 498 g/mol. The summed E-state index contributed by atoms with van der Waals surface area (Å²) in [6, 6.07) is 21.7. The van der Waals surface area contributed by atoms with E-state index in [4.69, 9.17) is 0 Å². The maximum Gasteiger partial charge on any atom is 0.244 e. The number of benzene rings is 3. The second-order valence-electron chi connectivity index (χ2n) is 9.59. The summed E-state index contributed by atoms with van der Waals surface area (Å²) in [4.78, 5) is 28.9. The van der Waals surface area contributed by atoms with Crippen molar-refractivity contribution in [3.8, 4) is 0 Å². The molecule has 0 spiro atoms. The summed E-state index contributed by atoms with van der Waals surface area (Å²) in [5.41, 5.74) is 5.13. The van der Waals surface area contributed by atoms with Crippen LogP contribution in [0.25, 0.3) is 0 Å². The quantitative estimate of drug-likeness (QED) is 0.400. The number of hydrogen-bond donors (Lipinski definition) is 1. The van der Waals surface area contributed by atoms with Gasteiger partial charge in [-0.3, -0.25) is 13.9 Å². The SMILES string of the molecule is CCNC(=O)C(Cc1ccccc1)N(Cc1ccccc1C)C(=O)CN(c1ccc(C)c(C)c1)S(C)(=O)=O. The van der Waals surface area contributed by atoms with Crippen molar-refractivity contribution < 1.29 is 18.0 Å². The maximum absolute atomic E-state index is 14.0. The zero-order valence-corrected chi connectivity index (χ0v) is 23.6. The van der Waals surface area contributed by atoms with Gasteiger partial charge in [0.2, 0.25) is 21.8 Å². The first-order valence-electron chi connectivity index (χ1n) is 12.7. The maximum atomic E-state index is 14.0. The van der Waals surface area contributed by atoms with Crippen molar-refractivity contribution in [3.63, 3.8) is 0 Å². The number of sulfonamides is 1. The van der Waals surface area contributed by atoms with Gasteiger partial charge in [0.15, 0.2) is 0 Å². The summed E-state index contributed by atoms with van der Waals surface area (Å²) in [6.07, 6.45) is 1.39. The van der Waals surface area contributed by atoms with Gasteiger partial charge in [-0.2, -0.15) is 0 Å². The number of hydrogen-bond acceptors (Lipinski definition) is 4. The molecule has 1 unspecified atom stereocenters. The third-order valence-electron chi connectivity index (χ3n) is 6.68. The Morgan fingerprint density at radius 1 is 0.868 bits per heavy atom. The van der Waals surface area contributed by atoms with Crippen LogP contribution in [0, 0.1) is 20.8 Å². The average Bonchev–Trinajstić information content (AvgIpc) is 2.87. The van der Waals surface area contributed by atoms with Gasteiger partial charge in [-0.15, -0.1) is 0 Å². The van der Waals surface area contributed by atoms with Crippen LogP contribution in [0.5, 0.6) is 0 Å². The fraction of sp³-hybridized carbons (Fsp3) is 0.333. The first-order valence-corrected chi connectivity index (χ1v) is 14.6. The lowest BCUT2D eigenvalue weighted by molar-refractivity contribution is -0.140. The van der Waals surface area contributed by atoms with Crippen LogP contribution < -0.4 is 9.62 Å². The molecule has 3 aromatic carbocycles. The van der Waals surface area contributed by atoms with Crippen LogP contribution in [0.1, 0.15) is 34.7 Å². The van der Waals surface area contributed by atoms with Crippen LogP contribution in [0.2, 0.25) is 0 Å². The largest absolute Gasteiger partial charge is 0.355 e. The Balaban J connectivity index is 2.06. The van der Waals surface area contributed by atoms with Gasteiger partial charge in [0.1, 0.15) is 12.6 Å². The van der Waals surface area contributed by atoms with Gasteiger partial charge < -0.3 is 10.2 Å². The normalized spacial score (nSPS) is 12.0. The van der Waals surface area contributed by atoms with Crippen molar-refractivity contribution in [3.05, 3.63) is 101 Å². The molecule has 0 heterocycles. The van der Waals surface area contributed by atoms with E-state index in [-0.39, 0.29) is 12.5 Å². The molecule has 1 N–H and O–H groups in total. The number of carbonyl (C=O) groups excluding carboxylic acids is 2. The summed E-state index contributed by atoms with van der Waals surface area (Å²) >= 11 is 0. The van der Waals surface area contributed by atoms with Crippen LogP contribution >= 0.6 is 0 Å². The van der Waals surface area contributed by atoms with Crippen molar-refractivity contribution in [1.82, 2.24) is 10.2 Å². The van der Waals surface area contributed by atoms with E-state index in [1.165, 1.54) is 4.90 Å². The molecule has 0 aliphatic heterocycles. The highest BCUT2D eigenvalue weighted by atomic mass is 32.2. The lowest BCUT2D eigenvalue weighted by atomic mass is 10.0. The molecular formula is C30H37N3O4S. The summed E-state index contributed by atoms with van der Waals surface area (Å²) in [5.74, 6) is -0.737. The molecule has 0 aromatic heterocycles. The number of amides is 2. The number of likely N-dealkylation sites (N-methyl/N-ethyl adjacent to an activating group) is 1. The van der Waals surface area contributed by atoms with E-state index < -0.39 is 28.5 Å². The third-order valence-corrected chi connectivity index (χ3v) is 7.82. The molecule has 0 saturated carbocycles. The van der Waals surface area contributed by atoms with E-state index in [2.05, 4.69) is 5.32 Å². The highest BCUT2D eigenvalue weighted by Gasteiger charge is 2.33. The summed E-state index contributed by atoms with van der Waals surface area (Å²) in [6.45, 7) is 7.79. The topological polar surface area (TPSA) is 86.8 Å². The van der Waals surface area contributed by atoms with Gasteiger partial charge in [0.05, 0.1) is 11.9 Å². The summed E-state index contributed by atoms with van der Waals surface area (Å²) < 4.78 is 26.9. The van der Waals surface area contributed by atoms with Crippen LogP contribution in [0.15, 0.2) is 72.8 Å².